The van der Waals surface area contributed by atoms with E-state index in [1.807, 2.05) is 24.3 Å². The molecule has 0 bridgehead atoms. The summed E-state index contributed by atoms with van der Waals surface area (Å²) in [4.78, 5) is 35.8. The molecule has 25 heavy (non-hydrogen) atoms. The average molecular weight is 340 g/mol. The molecule has 1 aliphatic heterocycles. The lowest BCUT2D eigenvalue weighted by Gasteiger charge is -2.36. The molecule has 1 aliphatic rings. The van der Waals surface area contributed by atoms with Crippen molar-refractivity contribution >= 4 is 17.4 Å². The van der Waals surface area contributed by atoms with Gasteiger partial charge in [-0.1, -0.05) is 0 Å². The number of amides is 1. The van der Waals surface area contributed by atoms with E-state index in [-0.39, 0.29) is 11.7 Å². The van der Waals surface area contributed by atoms with Crippen LogP contribution in [-0.4, -0.2) is 59.8 Å². The number of anilines is 1. The molecule has 1 amide bonds. The average Bonchev–Trinajstić information content (AvgIpc) is 2.67. The van der Waals surface area contributed by atoms with Gasteiger partial charge >= 0.3 is 0 Å². The number of hydrogen-bond acceptors (Lipinski definition) is 6. The van der Waals surface area contributed by atoms with Gasteiger partial charge in [-0.15, -0.1) is 0 Å². The number of nitrogens with zero attached hydrogens (tertiary/aromatic N) is 4. The van der Waals surface area contributed by atoms with Crippen molar-refractivity contribution in [3.63, 3.8) is 0 Å². The van der Waals surface area contributed by atoms with E-state index in [1.165, 1.54) is 13.4 Å². The summed E-state index contributed by atoms with van der Waals surface area (Å²) >= 11 is 0. The minimum Gasteiger partial charge on any atom is -0.481 e. The summed E-state index contributed by atoms with van der Waals surface area (Å²) in [5, 5.41) is 0. The predicted molar refractivity (Wildman–Crippen MR) is 93.1 cm³/mol. The van der Waals surface area contributed by atoms with Crippen LogP contribution in [-0.2, 0) is 0 Å². The van der Waals surface area contributed by atoms with Crippen LogP contribution in [0, 0.1) is 0 Å². The van der Waals surface area contributed by atoms with E-state index in [1.54, 1.807) is 17.9 Å². The molecule has 0 radical (unpaired) electrons. The molecule has 1 saturated heterocycles. The number of piperazine rings is 1. The fourth-order valence-corrected chi connectivity index (χ4v) is 2.80. The third kappa shape index (κ3) is 3.76. The number of carbonyl (C=O) groups is 2. The standard InChI is InChI=1S/C18H20N4O3/c1-13(23)14-3-5-15(6-4-14)21-7-9-22(10-8-21)18(24)16-11-17(25-2)20-12-19-16/h3-6,11-12H,7-10H2,1-2H3. The Labute approximate surface area is 146 Å². The van der Waals surface area contributed by atoms with Crippen LogP contribution in [0.4, 0.5) is 5.69 Å². The lowest BCUT2D eigenvalue weighted by molar-refractivity contribution is 0.0740. The zero-order chi connectivity index (χ0) is 17.8. The van der Waals surface area contributed by atoms with Crippen molar-refractivity contribution in [1.82, 2.24) is 14.9 Å². The van der Waals surface area contributed by atoms with Gasteiger partial charge < -0.3 is 14.5 Å². The number of methoxy groups -OCH3 is 1. The van der Waals surface area contributed by atoms with Gasteiger partial charge in [0.05, 0.1) is 7.11 Å². The van der Waals surface area contributed by atoms with Gasteiger partial charge in [0.25, 0.3) is 5.91 Å². The maximum absolute atomic E-state index is 12.6. The largest absolute Gasteiger partial charge is 0.481 e. The summed E-state index contributed by atoms with van der Waals surface area (Å²) in [5.41, 5.74) is 2.10. The highest BCUT2D eigenvalue weighted by Gasteiger charge is 2.23. The third-order valence-corrected chi connectivity index (χ3v) is 4.28. The van der Waals surface area contributed by atoms with Crippen molar-refractivity contribution in [3.8, 4) is 5.88 Å². The molecule has 1 aromatic carbocycles. The monoisotopic (exact) mass is 340 g/mol. The van der Waals surface area contributed by atoms with Crippen LogP contribution in [0.1, 0.15) is 27.8 Å². The number of ether oxygens (including phenoxy) is 1. The second-order valence-corrected chi connectivity index (χ2v) is 5.83. The zero-order valence-electron chi connectivity index (χ0n) is 14.3. The van der Waals surface area contributed by atoms with Gasteiger partial charge in [0.15, 0.2) is 5.78 Å². The molecule has 0 atom stereocenters. The minimum absolute atomic E-state index is 0.0576. The predicted octanol–water partition coefficient (Wildman–Crippen LogP) is 1.65. The maximum Gasteiger partial charge on any atom is 0.272 e. The Hall–Kier alpha value is -2.96. The van der Waals surface area contributed by atoms with Gasteiger partial charge in [-0.2, -0.15) is 0 Å². The molecular weight excluding hydrogens is 320 g/mol. The lowest BCUT2D eigenvalue weighted by atomic mass is 10.1. The van der Waals surface area contributed by atoms with Crippen LogP contribution in [0.15, 0.2) is 36.7 Å². The zero-order valence-corrected chi connectivity index (χ0v) is 14.3. The minimum atomic E-state index is -0.118. The van der Waals surface area contributed by atoms with Gasteiger partial charge in [0.2, 0.25) is 5.88 Å². The van der Waals surface area contributed by atoms with Crippen LogP contribution in [0.5, 0.6) is 5.88 Å². The van der Waals surface area contributed by atoms with Gasteiger partial charge in [-0.25, -0.2) is 9.97 Å². The van der Waals surface area contributed by atoms with E-state index in [2.05, 4.69) is 14.9 Å². The fraction of sp³-hybridized carbons (Fsp3) is 0.333. The summed E-state index contributed by atoms with van der Waals surface area (Å²) in [7, 11) is 1.51. The number of carbonyl (C=O) groups excluding carboxylic acids is 2. The molecule has 1 aromatic heterocycles. The molecule has 7 heteroatoms. The molecular formula is C18H20N4O3. The molecule has 1 fully saturated rings. The van der Waals surface area contributed by atoms with E-state index >= 15 is 0 Å². The maximum atomic E-state index is 12.6. The van der Waals surface area contributed by atoms with Gasteiger partial charge in [-0.05, 0) is 31.2 Å². The Balaban J connectivity index is 1.63. The molecule has 2 aromatic rings. The smallest absolute Gasteiger partial charge is 0.272 e. The van der Waals surface area contributed by atoms with Crippen molar-refractivity contribution in [2.24, 2.45) is 0 Å². The Kier molecular flexibility index (Phi) is 4.92. The second kappa shape index (κ2) is 7.29. The first-order valence-corrected chi connectivity index (χ1v) is 8.10. The van der Waals surface area contributed by atoms with E-state index < -0.39 is 0 Å². The van der Waals surface area contributed by atoms with Gasteiger partial charge in [-0.3, -0.25) is 9.59 Å². The van der Waals surface area contributed by atoms with E-state index in [4.69, 9.17) is 4.74 Å². The highest BCUT2D eigenvalue weighted by Crippen LogP contribution is 2.18. The molecule has 2 heterocycles. The summed E-state index contributed by atoms with van der Waals surface area (Å²) < 4.78 is 5.04. The van der Waals surface area contributed by atoms with Crippen LogP contribution < -0.4 is 9.64 Å². The van der Waals surface area contributed by atoms with Crippen molar-refractivity contribution in [2.75, 3.05) is 38.2 Å². The SMILES string of the molecule is COc1cc(C(=O)N2CCN(c3ccc(C(C)=O)cc3)CC2)ncn1. The molecule has 3 rings (SSSR count). The highest BCUT2D eigenvalue weighted by atomic mass is 16.5. The van der Waals surface area contributed by atoms with Crippen molar-refractivity contribution in [1.29, 1.82) is 0 Å². The number of hydrogen-bond donors (Lipinski definition) is 0. The molecule has 0 saturated carbocycles. The normalized spacial score (nSPS) is 14.3. The van der Waals surface area contributed by atoms with Gasteiger partial charge in [0, 0.05) is 43.5 Å². The molecule has 0 aliphatic carbocycles. The van der Waals surface area contributed by atoms with Crippen LogP contribution in [0.3, 0.4) is 0 Å². The summed E-state index contributed by atoms with van der Waals surface area (Å²) in [5.74, 6) is 0.317. The van der Waals surface area contributed by atoms with Crippen molar-refractivity contribution < 1.29 is 14.3 Å². The van der Waals surface area contributed by atoms with Crippen molar-refractivity contribution in [2.45, 2.75) is 6.92 Å². The quantitative estimate of drug-likeness (QED) is 0.788. The summed E-state index contributed by atoms with van der Waals surface area (Å²) in [6.45, 7) is 4.24. The molecule has 130 valence electrons. The number of ketones is 1. The Morgan fingerprint density at radius 1 is 1.04 bits per heavy atom. The third-order valence-electron chi connectivity index (χ3n) is 4.28. The topological polar surface area (TPSA) is 75.6 Å². The van der Waals surface area contributed by atoms with E-state index in [0.29, 0.717) is 30.2 Å². The Bertz CT molecular complexity index is 768. The number of Topliss-reactive ketones (excluding diaryl/α,β-unsaturated/α-hetero) is 1. The Morgan fingerprint density at radius 2 is 1.72 bits per heavy atom. The molecule has 0 N–H and O–H groups in total. The molecule has 7 nitrogen and oxygen atoms in total. The van der Waals surface area contributed by atoms with Crippen molar-refractivity contribution in [3.05, 3.63) is 47.9 Å². The Morgan fingerprint density at radius 3 is 2.32 bits per heavy atom. The number of benzene rings is 1. The van der Waals surface area contributed by atoms with E-state index in [0.717, 1.165) is 18.8 Å². The van der Waals surface area contributed by atoms with Gasteiger partial charge in [0.1, 0.15) is 12.0 Å². The van der Waals surface area contributed by atoms with Crippen LogP contribution in [0.2, 0.25) is 0 Å². The second-order valence-electron chi connectivity index (χ2n) is 5.83. The van der Waals surface area contributed by atoms with Crippen LogP contribution >= 0.6 is 0 Å². The summed E-state index contributed by atoms with van der Waals surface area (Å²) in [6.07, 6.45) is 1.33. The van der Waals surface area contributed by atoms with Crippen LogP contribution in [0.25, 0.3) is 0 Å². The first-order valence-electron chi connectivity index (χ1n) is 8.10. The number of aromatic nitrogens is 2. The number of rotatable bonds is 4. The molecule has 0 spiro atoms. The lowest BCUT2D eigenvalue weighted by Crippen LogP contribution is -2.49. The highest BCUT2D eigenvalue weighted by molar-refractivity contribution is 5.94. The first kappa shape index (κ1) is 16.9. The first-order chi connectivity index (χ1) is 12.1. The van der Waals surface area contributed by atoms with E-state index in [9.17, 15) is 9.59 Å². The fourth-order valence-electron chi connectivity index (χ4n) is 2.80. The summed E-state index contributed by atoms with van der Waals surface area (Å²) in [6, 6.07) is 9.12. The molecule has 0 unspecified atom stereocenters.